The number of halogens is 2. The van der Waals surface area contributed by atoms with Crippen LogP contribution >= 0.6 is 38.5 Å². The Morgan fingerprint density at radius 1 is 1.70 bits per heavy atom. The van der Waals surface area contributed by atoms with Crippen molar-refractivity contribution < 1.29 is 4.79 Å². The molecule has 1 rings (SSSR count). The topological polar surface area (TPSA) is 30.0 Å². The van der Waals surface area contributed by atoms with E-state index in [1.165, 1.54) is 0 Å². The molecule has 0 saturated heterocycles. The molecule has 4 heteroatoms. The van der Waals surface area contributed by atoms with Crippen LogP contribution in [0.25, 0.3) is 0 Å². The molecule has 0 aliphatic carbocycles. The molecule has 0 spiro atoms. The lowest BCUT2D eigenvalue weighted by molar-refractivity contribution is 0.112. The van der Waals surface area contributed by atoms with E-state index in [1.807, 2.05) is 0 Å². The Bertz CT molecular complexity index is 244. The number of aromatic nitrogens is 1. The average molecular weight is 312 g/mol. The van der Waals surface area contributed by atoms with Crippen LogP contribution in [-0.2, 0) is 0 Å². The molecule has 0 atom stereocenters. The van der Waals surface area contributed by atoms with Gasteiger partial charge in [0.1, 0.15) is 4.60 Å². The molecule has 1 heterocycles. The number of hydrogen-bond donors (Lipinski definition) is 0. The van der Waals surface area contributed by atoms with E-state index >= 15 is 0 Å². The maximum absolute atomic E-state index is 10.4. The van der Waals surface area contributed by atoms with Gasteiger partial charge in [0.25, 0.3) is 0 Å². The summed E-state index contributed by atoms with van der Waals surface area (Å²) in [7, 11) is 0. The zero-order valence-corrected chi connectivity index (χ0v) is 8.59. The number of hydrogen-bond acceptors (Lipinski definition) is 2. The van der Waals surface area contributed by atoms with Gasteiger partial charge in [0.15, 0.2) is 6.29 Å². The van der Waals surface area contributed by atoms with E-state index in [0.29, 0.717) is 10.2 Å². The zero-order chi connectivity index (χ0) is 7.56. The van der Waals surface area contributed by atoms with Crippen molar-refractivity contribution in [3.05, 3.63) is 26.0 Å². The molecule has 52 valence electrons. The van der Waals surface area contributed by atoms with E-state index in [0.717, 1.165) is 9.86 Å². The molecule has 0 bridgehead atoms. The quantitative estimate of drug-likeness (QED) is 0.452. The first kappa shape index (κ1) is 8.13. The van der Waals surface area contributed by atoms with Gasteiger partial charge in [0, 0.05) is 9.77 Å². The second-order valence-electron chi connectivity index (χ2n) is 1.62. The number of rotatable bonds is 1. The molecular formula is C6H3BrINO. The van der Waals surface area contributed by atoms with Crippen molar-refractivity contribution in [2.24, 2.45) is 0 Å². The third-order valence-corrected chi connectivity index (χ3v) is 2.58. The van der Waals surface area contributed by atoms with E-state index in [4.69, 9.17) is 0 Å². The molecule has 2 nitrogen and oxygen atoms in total. The second-order valence-corrected chi connectivity index (χ2v) is 3.53. The highest BCUT2D eigenvalue weighted by atomic mass is 127. The van der Waals surface area contributed by atoms with Gasteiger partial charge < -0.3 is 0 Å². The van der Waals surface area contributed by atoms with Crippen molar-refractivity contribution in [2.45, 2.75) is 0 Å². The number of aldehydes is 1. The highest BCUT2D eigenvalue weighted by molar-refractivity contribution is 14.1. The van der Waals surface area contributed by atoms with Gasteiger partial charge in [0.2, 0.25) is 0 Å². The van der Waals surface area contributed by atoms with E-state index < -0.39 is 0 Å². The summed E-state index contributed by atoms with van der Waals surface area (Å²) in [6, 6.07) is 1.79. The fourth-order valence-corrected chi connectivity index (χ4v) is 1.87. The van der Waals surface area contributed by atoms with Crippen LogP contribution in [0.2, 0.25) is 0 Å². The number of pyridine rings is 1. The average Bonchev–Trinajstić information content (AvgIpc) is 1.88. The maximum Gasteiger partial charge on any atom is 0.153 e. The van der Waals surface area contributed by atoms with Crippen molar-refractivity contribution in [2.75, 3.05) is 0 Å². The lowest BCUT2D eigenvalue weighted by Crippen LogP contribution is -1.89. The van der Waals surface area contributed by atoms with Gasteiger partial charge >= 0.3 is 0 Å². The maximum atomic E-state index is 10.4. The summed E-state index contributed by atoms with van der Waals surface area (Å²) in [6.45, 7) is 0. The highest BCUT2D eigenvalue weighted by Gasteiger charge is 2.02. The largest absolute Gasteiger partial charge is 0.298 e. The molecule has 0 aliphatic rings. The SMILES string of the molecule is O=Cc1c(I)ccnc1Br. The smallest absolute Gasteiger partial charge is 0.153 e. The fourth-order valence-electron chi connectivity index (χ4n) is 0.531. The van der Waals surface area contributed by atoms with E-state index in [9.17, 15) is 4.79 Å². The molecule has 0 fully saturated rings. The summed E-state index contributed by atoms with van der Waals surface area (Å²) in [4.78, 5) is 14.3. The molecule has 1 aromatic heterocycles. The number of nitrogens with zero attached hydrogens (tertiary/aromatic N) is 1. The second kappa shape index (κ2) is 3.43. The normalized spacial score (nSPS) is 9.40. The van der Waals surface area contributed by atoms with Crippen molar-refractivity contribution in [1.82, 2.24) is 4.98 Å². The predicted molar refractivity (Wildman–Crippen MR) is 50.0 cm³/mol. The van der Waals surface area contributed by atoms with Gasteiger partial charge in [-0.15, -0.1) is 0 Å². The van der Waals surface area contributed by atoms with Gasteiger partial charge in [0.05, 0.1) is 5.56 Å². The Morgan fingerprint density at radius 3 is 2.80 bits per heavy atom. The minimum absolute atomic E-state index is 0.606. The van der Waals surface area contributed by atoms with Crippen LogP contribution in [0, 0.1) is 3.57 Å². The Morgan fingerprint density at radius 2 is 2.40 bits per heavy atom. The molecule has 0 aliphatic heterocycles. The van der Waals surface area contributed by atoms with E-state index in [1.54, 1.807) is 12.3 Å². The highest BCUT2D eigenvalue weighted by Crippen LogP contribution is 2.16. The lowest BCUT2D eigenvalue weighted by Gasteiger charge is -1.95. The van der Waals surface area contributed by atoms with Gasteiger partial charge in [-0.25, -0.2) is 4.98 Å². The van der Waals surface area contributed by atoms with Crippen molar-refractivity contribution in [1.29, 1.82) is 0 Å². The van der Waals surface area contributed by atoms with E-state index in [2.05, 4.69) is 43.5 Å². The molecule has 0 aromatic carbocycles. The molecule has 0 unspecified atom stereocenters. The first-order valence-corrected chi connectivity index (χ1v) is 4.38. The van der Waals surface area contributed by atoms with Crippen LogP contribution in [0.3, 0.4) is 0 Å². The predicted octanol–water partition coefficient (Wildman–Crippen LogP) is 2.26. The zero-order valence-electron chi connectivity index (χ0n) is 4.84. The monoisotopic (exact) mass is 311 g/mol. The minimum atomic E-state index is 0.606. The minimum Gasteiger partial charge on any atom is -0.298 e. The Kier molecular flexibility index (Phi) is 2.79. The lowest BCUT2D eigenvalue weighted by atomic mass is 10.3. The Balaban J connectivity index is 3.30. The van der Waals surface area contributed by atoms with Crippen LogP contribution in [0.5, 0.6) is 0 Å². The first-order chi connectivity index (χ1) is 4.75. The standard InChI is InChI=1S/C6H3BrINO/c7-6-4(3-10)5(8)1-2-9-6/h1-3H. The van der Waals surface area contributed by atoms with Crippen LogP contribution in [0.4, 0.5) is 0 Å². The summed E-state index contributed by atoms with van der Waals surface area (Å²) in [5, 5.41) is 0. The van der Waals surface area contributed by atoms with Crippen molar-refractivity contribution >= 4 is 44.8 Å². The van der Waals surface area contributed by atoms with Crippen molar-refractivity contribution in [3.8, 4) is 0 Å². The third kappa shape index (κ3) is 1.54. The van der Waals surface area contributed by atoms with Crippen LogP contribution < -0.4 is 0 Å². The molecule has 10 heavy (non-hydrogen) atoms. The molecule has 0 N–H and O–H groups in total. The number of carbonyl (C=O) groups excluding carboxylic acids is 1. The molecule has 0 amide bonds. The van der Waals surface area contributed by atoms with Crippen LogP contribution in [-0.4, -0.2) is 11.3 Å². The Labute approximate surface area is 80.3 Å². The van der Waals surface area contributed by atoms with Crippen LogP contribution in [0.15, 0.2) is 16.9 Å². The molecular weight excluding hydrogens is 309 g/mol. The van der Waals surface area contributed by atoms with Gasteiger partial charge in [-0.1, -0.05) is 0 Å². The number of carbonyl (C=O) groups is 1. The van der Waals surface area contributed by atoms with Crippen molar-refractivity contribution in [3.63, 3.8) is 0 Å². The van der Waals surface area contributed by atoms with E-state index in [-0.39, 0.29) is 0 Å². The van der Waals surface area contributed by atoms with Crippen LogP contribution in [0.1, 0.15) is 10.4 Å². The summed E-state index contributed by atoms with van der Waals surface area (Å²) in [5.41, 5.74) is 0.614. The summed E-state index contributed by atoms with van der Waals surface area (Å²) in [5.74, 6) is 0. The first-order valence-electron chi connectivity index (χ1n) is 2.51. The summed E-state index contributed by atoms with van der Waals surface area (Å²) < 4.78 is 1.52. The molecule has 1 aromatic rings. The summed E-state index contributed by atoms with van der Waals surface area (Å²) in [6.07, 6.45) is 2.44. The van der Waals surface area contributed by atoms with Gasteiger partial charge in [-0.2, -0.15) is 0 Å². The molecule has 0 radical (unpaired) electrons. The fraction of sp³-hybridized carbons (Fsp3) is 0. The summed E-state index contributed by atoms with van der Waals surface area (Å²) >= 11 is 5.24. The van der Waals surface area contributed by atoms with Gasteiger partial charge in [-0.3, -0.25) is 4.79 Å². The third-order valence-electron chi connectivity index (χ3n) is 1.01. The van der Waals surface area contributed by atoms with Gasteiger partial charge in [-0.05, 0) is 44.6 Å². The Hall–Kier alpha value is 0.0300. The molecule has 0 saturated carbocycles.